The van der Waals surface area contributed by atoms with E-state index in [9.17, 15) is 9.59 Å². The van der Waals surface area contributed by atoms with E-state index < -0.39 is 5.97 Å². The highest BCUT2D eigenvalue weighted by molar-refractivity contribution is 6.30. The summed E-state index contributed by atoms with van der Waals surface area (Å²) < 4.78 is 4.93. The molecule has 1 heterocycles. The molecule has 0 atom stereocenters. The van der Waals surface area contributed by atoms with Crippen LogP contribution in [-0.4, -0.2) is 23.5 Å². The molecule has 0 saturated carbocycles. The van der Waals surface area contributed by atoms with Crippen LogP contribution in [0.25, 0.3) is 17.0 Å². The van der Waals surface area contributed by atoms with Gasteiger partial charge in [0.15, 0.2) is 6.61 Å². The monoisotopic (exact) mass is 380 g/mol. The van der Waals surface area contributed by atoms with Gasteiger partial charge in [-0.25, -0.2) is 9.78 Å². The molecule has 6 heteroatoms. The molecule has 0 aliphatic heterocycles. The molecule has 0 aliphatic carbocycles. The number of hydrogen-bond donors (Lipinski definition) is 1. The van der Waals surface area contributed by atoms with Crippen molar-refractivity contribution in [2.45, 2.75) is 6.54 Å². The van der Waals surface area contributed by atoms with Gasteiger partial charge < -0.3 is 10.1 Å². The predicted molar refractivity (Wildman–Crippen MR) is 105 cm³/mol. The lowest BCUT2D eigenvalue weighted by molar-refractivity contribution is -0.143. The fraction of sp³-hybridized carbons (Fsp3) is 0.0952. The normalized spacial score (nSPS) is 10.9. The standard InChI is InChI=1S/C21H17ClN2O3/c22-17-8-5-15(6-9-17)13-23-20(25)14-27-21(26)12-11-18-10-7-16-3-1-2-4-19(16)24-18/h1-12H,13-14H2,(H,23,25)/b12-11+. The summed E-state index contributed by atoms with van der Waals surface area (Å²) in [5, 5.41) is 4.33. The molecule has 27 heavy (non-hydrogen) atoms. The Morgan fingerprint density at radius 1 is 1.04 bits per heavy atom. The fourth-order valence-electron chi connectivity index (χ4n) is 2.37. The molecule has 0 aliphatic rings. The van der Waals surface area contributed by atoms with Crippen LogP contribution in [-0.2, 0) is 20.9 Å². The zero-order valence-electron chi connectivity index (χ0n) is 14.4. The highest BCUT2D eigenvalue weighted by Crippen LogP contribution is 2.12. The summed E-state index contributed by atoms with van der Waals surface area (Å²) in [5.41, 5.74) is 2.38. The first-order chi connectivity index (χ1) is 13.1. The molecule has 136 valence electrons. The van der Waals surface area contributed by atoms with E-state index in [0.29, 0.717) is 17.3 Å². The zero-order chi connectivity index (χ0) is 19.1. The molecule has 1 N–H and O–H groups in total. The average molecular weight is 381 g/mol. The molecule has 0 bridgehead atoms. The van der Waals surface area contributed by atoms with Crippen LogP contribution in [0.3, 0.4) is 0 Å². The Morgan fingerprint density at radius 3 is 2.63 bits per heavy atom. The van der Waals surface area contributed by atoms with E-state index in [-0.39, 0.29) is 12.5 Å². The molecular formula is C21H17ClN2O3. The number of fused-ring (bicyclic) bond motifs is 1. The van der Waals surface area contributed by atoms with Gasteiger partial charge in [0, 0.05) is 23.0 Å². The number of aromatic nitrogens is 1. The molecule has 5 nitrogen and oxygen atoms in total. The van der Waals surface area contributed by atoms with Gasteiger partial charge >= 0.3 is 5.97 Å². The molecule has 0 unspecified atom stereocenters. The van der Waals surface area contributed by atoms with E-state index in [4.69, 9.17) is 16.3 Å². The van der Waals surface area contributed by atoms with Crippen LogP contribution in [0.2, 0.25) is 5.02 Å². The second-order valence-corrected chi connectivity index (χ2v) is 6.21. The number of halogens is 1. The molecule has 0 spiro atoms. The number of hydrogen-bond acceptors (Lipinski definition) is 4. The van der Waals surface area contributed by atoms with Crippen molar-refractivity contribution in [3.8, 4) is 0 Å². The van der Waals surface area contributed by atoms with Crippen LogP contribution in [0.1, 0.15) is 11.3 Å². The molecule has 3 rings (SSSR count). The summed E-state index contributed by atoms with van der Waals surface area (Å²) in [5.74, 6) is -0.984. The quantitative estimate of drug-likeness (QED) is 0.522. The third-order valence-corrected chi connectivity index (χ3v) is 4.01. The van der Waals surface area contributed by atoms with E-state index in [0.717, 1.165) is 16.5 Å². The first-order valence-corrected chi connectivity index (χ1v) is 8.70. The maximum atomic E-state index is 11.8. The van der Waals surface area contributed by atoms with Crippen LogP contribution in [0, 0.1) is 0 Å². The number of nitrogens with one attached hydrogen (secondary N) is 1. The van der Waals surface area contributed by atoms with Gasteiger partial charge in [-0.2, -0.15) is 0 Å². The first kappa shape index (κ1) is 18.6. The topological polar surface area (TPSA) is 68.3 Å². The summed E-state index contributed by atoms with van der Waals surface area (Å²) in [4.78, 5) is 28.0. The van der Waals surface area contributed by atoms with Gasteiger partial charge in [-0.05, 0) is 35.9 Å². The maximum Gasteiger partial charge on any atom is 0.331 e. The molecule has 0 saturated heterocycles. The smallest absolute Gasteiger partial charge is 0.331 e. The summed E-state index contributed by atoms with van der Waals surface area (Å²) in [7, 11) is 0. The Labute approximate surface area is 161 Å². The van der Waals surface area contributed by atoms with E-state index in [2.05, 4.69) is 10.3 Å². The minimum absolute atomic E-state index is 0.338. The Balaban J connectivity index is 1.46. The van der Waals surface area contributed by atoms with Crippen LogP contribution in [0.4, 0.5) is 0 Å². The highest BCUT2D eigenvalue weighted by Gasteiger charge is 2.05. The van der Waals surface area contributed by atoms with Crippen LogP contribution < -0.4 is 5.32 Å². The van der Waals surface area contributed by atoms with Crippen molar-refractivity contribution < 1.29 is 14.3 Å². The van der Waals surface area contributed by atoms with Gasteiger partial charge in [0.1, 0.15) is 0 Å². The Morgan fingerprint density at radius 2 is 1.81 bits per heavy atom. The van der Waals surface area contributed by atoms with Crippen LogP contribution >= 0.6 is 11.6 Å². The van der Waals surface area contributed by atoms with E-state index in [1.54, 1.807) is 18.2 Å². The van der Waals surface area contributed by atoms with E-state index in [1.165, 1.54) is 6.08 Å². The number of carbonyl (C=O) groups is 2. The molecule has 2 aromatic carbocycles. The number of amides is 1. The largest absolute Gasteiger partial charge is 0.452 e. The second-order valence-electron chi connectivity index (χ2n) is 5.77. The third-order valence-electron chi connectivity index (χ3n) is 3.76. The maximum absolute atomic E-state index is 11.8. The van der Waals surface area contributed by atoms with Crippen molar-refractivity contribution >= 4 is 40.5 Å². The van der Waals surface area contributed by atoms with Crippen molar-refractivity contribution in [2.24, 2.45) is 0 Å². The number of rotatable bonds is 6. The summed E-state index contributed by atoms with van der Waals surface area (Å²) in [6.45, 7) is -0.00763. The van der Waals surface area contributed by atoms with Gasteiger partial charge in [0.2, 0.25) is 0 Å². The van der Waals surface area contributed by atoms with E-state index in [1.807, 2.05) is 48.5 Å². The van der Waals surface area contributed by atoms with Gasteiger partial charge in [-0.15, -0.1) is 0 Å². The fourth-order valence-corrected chi connectivity index (χ4v) is 2.49. The average Bonchev–Trinajstić information content (AvgIpc) is 2.70. The lowest BCUT2D eigenvalue weighted by atomic mass is 10.2. The van der Waals surface area contributed by atoms with Gasteiger partial charge in [-0.1, -0.05) is 48.0 Å². The lowest BCUT2D eigenvalue weighted by Crippen LogP contribution is -2.28. The van der Waals surface area contributed by atoms with Crippen molar-refractivity contribution in [1.82, 2.24) is 10.3 Å². The number of ether oxygens (including phenoxy) is 1. The van der Waals surface area contributed by atoms with Crippen molar-refractivity contribution in [3.63, 3.8) is 0 Å². The zero-order valence-corrected chi connectivity index (χ0v) is 15.1. The SMILES string of the molecule is O=C(COC(=O)/C=C/c1ccc2ccccc2n1)NCc1ccc(Cl)cc1. The molecular weight excluding hydrogens is 364 g/mol. The number of nitrogens with zero attached hydrogens (tertiary/aromatic N) is 1. The predicted octanol–water partition coefficient (Wildman–Crippen LogP) is 3.76. The summed E-state index contributed by atoms with van der Waals surface area (Å²) in [6, 6.07) is 18.6. The Kier molecular flexibility index (Phi) is 6.18. The second kappa shape index (κ2) is 8.96. The minimum Gasteiger partial charge on any atom is -0.452 e. The van der Waals surface area contributed by atoms with Crippen molar-refractivity contribution in [1.29, 1.82) is 0 Å². The summed E-state index contributed by atoms with van der Waals surface area (Å²) in [6.07, 6.45) is 2.81. The Bertz CT molecular complexity index is 984. The van der Waals surface area contributed by atoms with Crippen molar-refractivity contribution in [2.75, 3.05) is 6.61 Å². The number of carbonyl (C=O) groups excluding carboxylic acids is 2. The summed E-state index contributed by atoms with van der Waals surface area (Å²) >= 11 is 5.81. The minimum atomic E-state index is -0.605. The number of esters is 1. The number of pyridine rings is 1. The molecule has 3 aromatic rings. The highest BCUT2D eigenvalue weighted by atomic mass is 35.5. The van der Waals surface area contributed by atoms with Gasteiger partial charge in [-0.3, -0.25) is 4.79 Å². The number of benzene rings is 2. The first-order valence-electron chi connectivity index (χ1n) is 8.32. The van der Waals surface area contributed by atoms with Gasteiger partial charge in [0.25, 0.3) is 5.91 Å². The van der Waals surface area contributed by atoms with Crippen molar-refractivity contribution in [3.05, 3.63) is 83.0 Å². The molecule has 1 aromatic heterocycles. The van der Waals surface area contributed by atoms with E-state index >= 15 is 0 Å². The molecule has 0 fully saturated rings. The third kappa shape index (κ3) is 5.66. The van der Waals surface area contributed by atoms with Gasteiger partial charge in [0.05, 0.1) is 11.2 Å². The molecule has 0 radical (unpaired) electrons. The van der Waals surface area contributed by atoms with Crippen LogP contribution in [0.5, 0.6) is 0 Å². The van der Waals surface area contributed by atoms with Crippen LogP contribution in [0.15, 0.2) is 66.7 Å². The number of para-hydroxylation sites is 1. The lowest BCUT2D eigenvalue weighted by Gasteiger charge is -2.05. The molecule has 1 amide bonds. The Hall–Kier alpha value is -3.18.